The second-order valence-corrected chi connectivity index (χ2v) is 4.40. The summed E-state index contributed by atoms with van der Waals surface area (Å²) in [5.41, 5.74) is 0. The van der Waals surface area contributed by atoms with Crippen molar-refractivity contribution in [3.63, 3.8) is 0 Å². The first-order valence-electron chi connectivity index (χ1n) is 7.43. The van der Waals surface area contributed by atoms with Crippen LogP contribution in [-0.4, -0.2) is 50.3 Å². The summed E-state index contributed by atoms with van der Waals surface area (Å²) in [4.78, 5) is 13.4. The van der Waals surface area contributed by atoms with E-state index in [1.54, 1.807) is 0 Å². The summed E-state index contributed by atoms with van der Waals surface area (Å²) in [5, 5.41) is 0. The molecule has 0 saturated carbocycles. The minimum absolute atomic E-state index is 0.200. The first-order chi connectivity index (χ1) is 10.2. The van der Waals surface area contributed by atoms with Crippen LogP contribution in [0.15, 0.2) is 24.3 Å². The van der Waals surface area contributed by atoms with Gasteiger partial charge in [-0.1, -0.05) is 19.1 Å². The maximum absolute atomic E-state index is 11.5. The molecule has 0 N–H and O–H groups in total. The number of nitrogens with zero attached hydrogens (tertiary/aromatic N) is 1. The van der Waals surface area contributed by atoms with Gasteiger partial charge in [0.1, 0.15) is 6.61 Å². The lowest BCUT2D eigenvalue weighted by molar-refractivity contribution is -0.144. The largest absolute Gasteiger partial charge is 0.490 e. The van der Waals surface area contributed by atoms with Gasteiger partial charge in [-0.05, 0) is 32.5 Å². The molecule has 1 rings (SSSR count). The van der Waals surface area contributed by atoms with Gasteiger partial charge in [0.15, 0.2) is 11.5 Å². The van der Waals surface area contributed by atoms with Crippen LogP contribution < -0.4 is 9.47 Å². The topological polar surface area (TPSA) is 48.0 Å². The molecule has 21 heavy (non-hydrogen) atoms. The molecule has 0 heterocycles. The molecular weight excluding hydrogens is 270 g/mol. The van der Waals surface area contributed by atoms with Gasteiger partial charge in [0.05, 0.1) is 19.8 Å². The van der Waals surface area contributed by atoms with E-state index in [-0.39, 0.29) is 5.97 Å². The normalized spacial score (nSPS) is 10.5. The maximum Gasteiger partial charge on any atom is 0.320 e. The number of benzene rings is 1. The number of rotatable bonds is 10. The molecule has 0 atom stereocenters. The van der Waals surface area contributed by atoms with Crippen molar-refractivity contribution in [2.75, 3.05) is 39.5 Å². The Balaban J connectivity index is 2.42. The van der Waals surface area contributed by atoms with Crippen LogP contribution in [-0.2, 0) is 9.53 Å². The average Bonchev–Trinajstić information content (AvgIpc) is 2.48. The number of ether oxygens (including phenoxy) is 3. The zero-order chi connectivity index (χ0) is 15.5. The molecule has 0 amide bonds. The Morgan fingerprint density at radius 2 is 1.71 bits per heavy atom. The van der Waals surface area contributed by atoms with E-state index >= 15 is 0 Å². The van der Waals surface area contributed by atoms with Crippen molar-refractivity contribution in [1.82, 2.24) is 4.90 Å². The smallest absolute Gasteiger partial charge is 0.320 e. The van der Waals surface area contributed by atoms with Gasteiger partial charge in [0.25, 0.3) is 0 Å². The van der Waals surface area contributed by atoms with E-state index in [1.165, 1.54) is 0 Å². The van der Waals surface area contributed by atoms with E-state index < -0.39 is 0 Å². The van der Waals surface area contributed by atoms with Crippen LogP contribution >= 0.6 is 0 Å². The highest BCUT2D eigenvalue weighted by Crippen LogP contribution is 2.26. The van der Waals surface area contributed by atoms with Crippen LogP contribution in [0.3, 0.4) is 0 Å². The molecule has 0 aliphatic rings. The molecule has 0 aliphatic carbocycles. The Morgan fingerprint density at radius 3 is 2.29 bits per heavy atom. The van der Waals surface area contributed by atoms with Crippen LogP contribution in [0.2, 0.25) is 0 Å². The van der Waals surface area contributed by atoms with Crippen LogP contribution in [0, 0.1) is 0 Å². The van der Waals surface area contributed by atoms with E-state index in [0.29, 0.717) is 32.9 Å². The Labute approximate surface area is 126 Å². The molecule has 5 heteroatoms. The van der Waals surface area contributed by atoms with Gasteiger partial charge in [-0.3, -0.25) is 9.69 Å². The number of esters is 1. The van der Waals surface area contributed by atoms with Crippen molar-refractivity contribution in [2.24, 2.45) is 0 Å². The lowest BCUT2D eigenvalue weighted by Gasteiger charge is -2.19. The monoisotopic (exact) mass is 295 g/mol. The molecule has 0 aliphatic heterocycles. The Hall–Kier alpha value is -1.75. The standard InChI is InChI=1S/C16H25NO4/c1-4-17(13-16(18)20-6-3)11-12-21-15-10-8-7-9-14(15)19-5-2/h7-10H,4-6,11-13H2,1-3H3. The lowest BCUT2D eigenvalue weighted by atomic mass is 10.3. The predicted molar refractivity (Wildman–Crippen MR) is 81.9 cm³/mol. The minimum Gasteiger partial charge on any atom is -0.490 e. The summed E-state index contributed by atoms with van der Waals surface area (Å²) >= 11 is 0. The first-order valence-corrected chi connectivity index (χ1v) is 7.43. The minimum atomic E-state index is -0.200. The van der Waals surface area contributed by atoms with Crippen LogP contribution in [0.5, 0.6) is 11.5 Å². The summed E-state index contributed by atoms with van der Waals surface area (Å²) in [6, 6.07) is 7.59. The van der Waals surface area contributed by atoms with Crippen molar-refractivity contribution in [3.05, 3.63) is 24.3 Å². The molecule has 0 unspecified atom stereocenters. The zero-order valence-electron chi connectivity index (χ0n) is 13.1. The molecule has 1 aromatic rings. The fourth-order valence-electron chi connectivity index (χ4n) is 1.87. The second-order valence-electron chi connectivity index (χ2n) is 4.40. The Bertz CT molecular complexity index is 422. The van der Waals surface area contributed by atoms with E-state index in [2.05, 4.69) is 0 Å². The number of likely N-dealkylation sites (N-methyl/N-ethyl adjacent to an activating group) is 1. The van der Waals surface area contributed by atoms with Gasteiger partial charge < -0.3 is 14.2 Å². The van der Waals surface area contributed by atoms with Crippen LogP contribution in [0.1, 0.15) is 20.8 Å². The SMILES string of the molecule is CCOC(=O)CN(CC)CCOc1ccccc1OCC. The third-order valence-electron chi connectivity index (χ3n) is 2.92. The van der Waals surface area contributed by atoms with Gasteiger partial charge in [-0.2, -0.15) is 0 Å². The van der Waals surface area contributed by atoms with E-state index in [9.17, 15) is 4.79 Å². The fraction of sp³-hybridized carbons (Fsp3) is 0.562. The third-order valence-corrected chi connectivity index (χ3v) is 2.92. The molecule has 0 saturated heterocycles. The van der Waals surface area contributed by atoms with Crippen molar-refractivity contribution < 1.29 is 19.0 Å². The lowest BCUT2D eigenvalue weighted by Crippen LogP contribution is -2.34. The number of carbonyl (C=O) groups is 1. The van der Waals surface area contributed by atoms with E-state index in [4.69, 9.17) is 14.2 Å². The van der Waals surface area contributed by atoms with Crippen molar-refractivity contribution in [1.29, 1.82) is 0 Å². The third kappa shape index (κ3) is 6.49. The summed E-state index contributed by atoms with van der Waals surface area (Å²) in [6.07, 6.45) is 0. The quantitative estimate of drug-likeness (QED) is 0.620. The van der Waals surface area contributed by atoms with Crippen molar-refractivity contribution in [3.8, 4) is 11.5 Å². The van der Waals surface area contributed by atoms with Crippen LogP contribution in [0.25, 0.3) is 0 Å². The van der Waals surface area contributed by atoms with Gasteiger partial charge in [0.2, 0.25) is 0 Å². The molecule has 0 radical (unpaired) electrons. The highest BCUT2D eigenvalue weighted by molar-refractivity contribution is 5.71. The van der Waals surface area contributed by atoms with Crippen molar-refractivity contribution >= 4 is 5.97 Å². The molecule has 118 valence electrons. The van der Waals surface area contributed by atoms with Crippen LogP contribution in [0.4, 0.5) is 0 Å². The molecule has 5 nitrogen and oxygen atoms in total. The first kappa shape index (κ1) is 17.3. The fourth-order valence-corrected chi connectivity index (χ4v) is 1.87. The number of carbonyl (C=O) groups excluding carboxylic acids is 1. The van der Waals surface area contributed by atoms with Gasteiger partial charge in [-0.25, -0.2) is 0 Å². The number of hydrogen-bond donors (Lipinski definition) is 0. The number of hydrogen-bond acceptors (Lipinski definition) is 5. The second kappa shape index (κ2) is 10.0. The Morgan fingerprint density at radius 1 is 1.05 bits per heavy atom. The van der Waals surface area contributed by atoms with Gasteiger partial charge in [0, 0.05) is 6.54 Å². The summed E-state index contributed by atoms with van der Waals surface area (Å²) < 4.78 is 16.2. The molecule has 1 aromatic carbocycles. The zero-order valence-corrected chi connectivity index (χ0v) is 13.1. The molecule has 0 aromatic heterocycles. The molecule has 0 spiro atoms. The summed E-state index contributed by atoms with van der Waals surface area (Å²) in [5.74, 6) is 1.27. The predicted octanol–water partition coefficient (Wildman–Crippen LogP) is 2.35. The summed E-state index contributed by atoms with van der Waals surface area (Å²) in [7, 11) is 0. The van der Waals surface area contributed by atoms with E-state index in [1.807, 2.05) is 49.9 Å². The van der Waals surface area contributed by atoms with Gasteiger partial charge >= 0.3 is 5.97 Å². The number of para-hydroxylation sites is 2. The highest BCUT2D eigenvalue weighted by Gasteiger charge is 2.10. The highest BCUT2D eigenvalue weighted by atomic mass is 16.5. The van der Waals surface area contributed by atoms with Crippen molar-refractivity contribution in [2.45, 2.75) is 20.8 Å². The van der Waals surface area contributed by atoms with E-state index in [0.717, 1.165) is 18.0 Å². The Kier molecular flexibility index (Phi) is 8.28. The molecular formula is C16H25NO4. The average molecular weight is 295 g/mol. The maximum atomic E-state index is 11.5. The van der Waals surface area contributed by atoms with Gasteiger partial charge in [-0.15, -0.1) is 0 Å². The molecule has 0 fully saturated rings. The summed E-state index contributed by atoms with van der Waals surface area (Å²) in [6.45, 7) is 8.99. The molecule has 0 bridgehead atoms.